The Morgan fingerprint density at radius 2 is 1.92 bits per heavy atom. The molecule has 0 saturated heterocycles. The van der Waals surface area contributed by atoms with Gasteiger partial charge in [-0.1, -0.05) is 22.9 Å². The summed E-state index contributed by atoms with van der Waals surface area (Å²) in [6.07, 6.45) is 0. The number of nitrogens with two attached hydrogens (primary N) is 1. The maximum Gasteiger partial charge on any atom is 0.269 e. The Bertz CT molecular complexity index is 928. The summed E-state index contributed by atoms with van der Waals surface area (Å²) in [5, 5.41) is 1.08. The highest BCUT2D eigenvalue weighted by molar-refractivity contribution is 8.00. The fourth-order valence-electron chi connectivity index (χ4n) is 2.00. The number of hydrazine groups is 1. The molecule has 0 atom stereocenters. The smallest absolute Gasteiger partial charge is 0.269 e. The molecule has 4 N–H and O–H groups in total. The van der Waals surface area contributed by atoms with E-state index in [-0.39, 0.29) is 11.7 Å². The van der Waals surface area contributed by atoms with E-state index in [9.17, 15) is 9.59 Å². The van der Waals surface area contributed by atoms with E-state index in [1.807, 2.05) is 12.1 Å². The molecule has 2 amide bonds. The number of thioether (sulfide) groups is 1. The molecule has 0 aliphatic carbocycles. The van der Waals surface area contributed by atoms with E-state index in [0.29, 0.717) is 15.7 Å². The van der Waals surface area contributed by atoms with Crippen LogP contribution >= 0.6 is 34.7 Å². The summed E-state index contributed by atoms with van der Waals surface area (Å²) in [7, 11) is 0. The van der Waals surface area contributed by atoms with E-state index in [0.717, 1.165) is 15.1 Å². The maximum absolute atomic E-state index is 12.1. The molecule has 0 spiro atoms. The van der Waals surface area contributed by atoms with Crippen LogP contribution in [0, 0.1) is 0 Å². The number of carbonyl (C=O) groups excluding carboxylic acids is 2. The van der Waals surface area contributed by atoms with E-state index in [4.69, 9.17) is 17.3 Å². The third kappa shape index (κ3) is 4.62. The van der Waals surface area contributed by atoms with Crippen molar-refractivity contribution in [2.75, 3.05) is 11.5 Å². The molecule has 0 unspecified atom stereocenters. The summed E-state index contributed by atoms with van der Waals surface area (Å²) in [6, 6.07) is 12.2. The molecular formula is C16H13ClN4O2S2. The molecule has 0 saturated carbocycles. The number of nitrogens with one attached hydrogen (secondary N) is 2. The number of rotatable bonds is 4. The topological polar surface area (TPSA) is 97.1 Å². The van der Waals surface area contributed by atoms with Crippen LogP contribution in [0.3, 0.4) is 0 Å². The lowest BCUT2D eigenvalue weighted by molar-refractivity contribution is -0.119. The molecule has 3 aromatic rings. The fourth-order valence-corrected chi connectivity index (χ4v) is 3.60. The van der Waals surface area contributed by atoms with Gasteiger partial charge in [-0.3, -0.25) is 20.4 Å². The lowest BCUT2D eigenvalue weighted by atomic mass is 10.2. The van der Waals surface area contributed by atoms with Crippen LogP contribution < -0.4 is 16.6 Å². The van der Waals surface area contributed by atoms with Gasteiger partial charge in [0.1, 0.15) is 0 Å². The van der Waals surface area contributed by atoms with E-state index in [1.54, 1.807) is 30.3 Å². The average molecular weight is 393 g/mol. The number of amides is 2. The van der Waals surface area contributed by atoms with Gasteiger partial charge in [0.2, 0.25) is 5.91 Å². The van der Waals surface area contributed by atoms with E-state index in [1.165, 1.54) is 23.1 Å². The number of thiazole rings is 1. The number of hydrogen-bond donors (Lipinski definition) is 3. The third-order valence-corrected chi connectivity index (χ3v) is 5.28. The third-order valence-electron chi connectivity index (χ3n) is 3.17. The maximum atomic E-state index is 12.1. The van der Waals surface area contributed by atoms with Gasteiger partial charge in [-0.15, -0.1) is 11.8 Å². The molecule has 128 valence electrons. The number of benzene rings is 2. The van der Waals surface area contributed by atoms with Crippen molar-refractivity contribution < 1.29 is 9.59 Å². The van der Waals surface area contributed by atoms with Gasteiger partial charge in [-0.2, -0.15) is 0 Å². The molecule has 25 heavy (non-hydrogen) atoms. The minimum atomic E-state index is -0.404. The number of nitrogen functional groups attached to an aromatic ring is 1. The number of fused-ring (bicyclic) bond motifs is 1. The number of anilines is 1. The van der Waals surface area contributed by atoms with Gasteiger partial charge in [-0.05, 0) is 42.5 Å². The predicted octanol–water partition coefficient (Wildman–Crippen LogP) is 3.09. The first-order valence-corrected chi connectivity index (χ1v) is 9.33. The fraction of sp³-hybridized carbons (Fsp3) is 0.0625. The summed E-state index contributed by atoms with van der Waals surface area (Å²) >= 11 is 8.46. The van der Waals surface area contributed by atoms with Crippen LogP contribution in [0.15, 0.2) is 47.4 Å². The second-order valence-corrected chi connectivity index (χ2v) is 7.53. The van der Waals surface area contributed by atoms with Crippen molar-refractivity contribution in [2.24, 2.45) is 0 Å². The van der Waals surface area contributed by atoms with E-state index in [2.05, 4.69) is 15.8 Å². The van der Waals surface area contributed by atoms with Gasteiger partial charge in [0.15, 0.2) is 5.13 Å². The number of carbonyl (C=O) groups is 2. The summed E-state index contributed by atoms with van der Waals surface area (Å²) in [6.45, 7) is 0. The Morgan fingerprint density at radius 1 is 1.16 bits per heavy atom. The highest BCUT2D eigenvalue weighted by Gasteiger charge is 2.10. The zero-order chi connectivity index (χ0) is 17.8. The first-order valence-electron chi connectivity index (χ1n) is 7.15. The molecule has 3 rings (SSSR count). The molecule has 0 fully saturated rings. The molecule has 1 aromatic heterocycles. The van der Waals surface area contributed by atoms with Gasteiger partial charge in [-0.25, -0.2) is 4.98 Å². The summed E-state index contributed by atoms with van der Waals surface area (Å²) in [5.41, 5.74) is 11.6. The molecule has 0 aliphatic heterocycles. The van der Waals surface area contributed by atoms with Crippen molar-refractivity contribution in [2.45, 2.75) is 4.90 Å². The van der Waals surface area contributed by atoms with E-state index >= 15 is 0 Å². The monoisotopic (exact) mass is 392 g/mol. The molecule has 9 heteroatoms. The molecule has 2 aromatic carbocycles. The van der Waals surface area contributed by atoms with E-state index < -0.39 is 5.91 Å². The molecule has 0 radical (unpaired) electrons. The Hall–Kier alpha value is -2.29. The quantitative estimate of drug-likeness (QED) is 0.468. The molecular weight excluding hydrogens is 380 g/mol. The lowest BCUT2D eigenvalue weighted by Crippen LogP contribution is -2.42. The Labute approximate surface area is 156 Å². The standard InChI is InChI=1S/C16H13ClN4O2S2/c17-10-2-4-11(5-3-10)24-8-14(22)20-21-15(23)9-1-6-12-13(7-9)25-16(18)19-12/h1-7H,8H2,(H2,18,19)(H,20,22)(H,21,23). The van der Waals surface area contributed by atoms with Gasteiger partial charge in [0.05, 0.1) is 16.0 Å². The van der Waals surface area contributed by atoms with Gasteiger partial charge in [0, 0.05) is 15.5 Å². The van der Waals surface area contributed by atoms with Crippen LogP contribution in [0.4, 0.5) is 5.13 Å². The largest absolute Gasteiger partial charge is 0.375 e. The second kappa shape index (κ2) is 7.73. The van der Waals surface area contributed by atoms with Crippen molar-refractivity contribution in [1.82, 2.24) is 15.8 Å². The SMILES string of the molecule is Nc1nc2ccc(C(=O)NNC(=O)CSc3ccc(Cl)cc3)cc2s1. The predicted molar refractivity (Wildman–Crippen MR) is 102 cm³/mol. The molecule has 0 aliphatic rings. The number of hydrogen-bond acceptors (Lipinski definition) is 6. The van der Waals surface area contributed by atoms with Crippen molar-refractivity contribution >= 4 is 61.9 Å². The lowest BCUT2D eigenvalue weighted by Gasteiger charge is -2.07. The first kappa shape index (κ1) is 17.5. The zero-order valence-electron chi connectivity index (χ0n) is 12.8. The highest BCUT2D eigenvalue weighted by Crippen LogP contribution is 2.24. The van der Waals surface area contributed by atoms with Crippen molar-refractivity contribution in [3.63, 3.8) is 0 Å². The van der Waals surface area contributed by atoms with Crippen LogP contribution in [0.2, 0.25) is 5.02 Å². The summed E-state index contributed by atoms with van der Waals surface area (Å²) in [4.78, 5) is 29.0. The van der Waals surface area contributed by atoms with Gasteiger partial charge < -0.3 is 5.73 Å². The van der Waals surface area contributed by atoms with Gasteiger partial charge in [0.25, 0.3) is 5.91 Å². The molecule has 0 bridgehead atoms. The minimum absolute atomic E-state index is 0.173. The van der Waals surface area contributed by atoms with Crippen LogP contribution in [0.5, 0.6) is 0 Å². The minimum Gasteiger partial charge on any atom is -0.375 e. The van der Waals surface area contributed by atoms with Crippen molar-refractivity contribution in [3.05, 3.63) is 53.1 Å². The van der Waals surface area contributed by atoms with Crippen LogP contribution in [0.1, 0.15) is 10.4 Å². The molecule has 6 nitrogen and oxygen atoms in total. The Balaban J connectivity index is 1.51. The summed E-state index contributed by atoms with van der Waals surface area (Å²) in [5.74, 6) is -0.540. The Kier molecular flexibility index (Phi) is 5.42. The molecule has 1 heterocycles. The highest BCUT2D eigenvalue weighted by atomic mass is 35.5. The number of nitrogens with zero attached hydrogens (tertiary/aromatic N) is 1. The average Bonchev–Trinajstić information content (AvgIpc) is 2.98. The van der Waals surface area contributed by atoms with Crippen LogP contribution in [-0.2, 0) is 4.79 Å². The normalized spacial score (nSPS) is 10.6. The van der Waals surface area contributed by atoms with Crippen molar-refractivity contribution in [1.29, 1.82) is 0 Å². The van der Waals surface area contributed by atoms with Crippen LogP contribution in [-0.4, -0.2) is 22.6 Å². The van der Waals surface area contributed by atoms with Gasteiger partial charge >= 0.3 is 0 Å². The Morgan fingerprint density at radius 3 is 2.68 bits per heavy atom. The number of aromatic nitrogens is 1. The number of halogens is 1. The summed E-state index contributed by atoms with van der Waals surface area (Å²) < 4.78 is 0.815. The van der Waals surface area contributed by atoms with Crippen LogP contribution in [0.25, 0.3) is 10.2 Å². The zero-order valence-corrected chi connectivity index (χ0v) is 15.2. The van der Waals surface area contributed by atoms with Crippen molar-refractivity contribution in [3.8, 4) is 0 Å². The second-order valence-electron chi connectivity index (χ2n) is 4.98. The first-order chi connectivity index (χ1) is 12.0.